The van der Waals surface area contributed by atoms with Gasteiger partial charge in [-0.05, 0) is 55.3 Å². The number of piperidine rings is 1. The van der Waals surface area contributed by atoms with Gasteiger partial charge in [0.25, 0.3) is 5.91 Å². The molecule has 2 aliphatic carbocycles. The monoisotopic (exact) mass is 570 g/mol. The predicted molar refractivity (Wildman–Crippen MR) is 151 cm³/mol. The average Bonchev–Trinajstić information content (AvgIpc) is 3.24. The molecule has 1 amide bonds. The lowest BCUT2D eigenvalue weighted by Gasteiger charge is -2.28. The third kappa shape index (κ3) is 3.51. The molecule has 0 radical (unpaired) electrons. The van der Waals surface area contributed by atoms with Crippen molar-refractivity contribution < 1.29 is 28.6 Å². The number of fused-ring (bicyclic) bond motifs is 2. The number of hydrogen-bond acceptors (Lipinski definition) is 8. The fourth-order valence-electron chi connectivity index (χ4n) is 6.53. The van der Waals surface area contributed by atoms with Gasteiger partial charge >= 0.3 is 0 Å². The molecule has 3 aliphatic rings. The topological polar surface area (TPSA) is 127 Å². The van der Waals surface area contributed by atoms with E-state index >= 15 is 0 Å². The molecule has 41 heavy (non-hydrogen) atoms. The van der Waals surface area contributed by atoms with Crippen LogP contribution in [0, 0.1) is 12.8 Å². The van der Waals surface area contributed by atoms with Gasteiger partial charge in [-0.25, -0.2) is 0 Å². The molecular formula is C30H26N4O6S. The van der Waals surface area contributed by atoms with Crippen molar-refractivity contribution in [2.45, 2.75) is 23.7 Å². The van der Waals surface area contributed by atoms with E-state index in [1.165, 1.54) is 21.3 Å². The highest BCUT2D eigenvalue weighted by molar-refractivity contribution is 8.14. The second-order valence-electron chi connectivity index (χ2n) is 10.4. The van der Waals surface area contributed by atoms with Crippen LogP contribution in [-0.4, -0.2) is 64.5 Å². The molecule has 4 aromatic rings. The Labute approximate surface area is 239 Å². The van der Waals surface area contributed by atoms with Gasteiger partial charge in [-0.2, -0.15) is 0 Å². The lowest BCUT2D eigenvalue weighted by atomic mass is 9.83. The minimum absolute atomic E-state index is 0.108. The number of benzene rings is 1. The first-order valence-electron chi connectivity index (χ1n) is 13.1. The lowest BCUT2D eigenvalue weighted by Crippen LogP contribution is -2.34. The number of carbonyl (C=O) groups is 3. The van der Waals surface area contributed by atoms with E-state index in [2.05, 4.69) is 15.0 Å². The molecule has 7 rings (SSSR count). The van der Waals surface area contributed by atoms with Crippen molar-refractivity contribution in [1.29, 1.82) is 0 Å². The van der Waals surface area contributed by atoms with Crippen molar-refractivity contribution in [3.05, 3.63) is 76.6 Å². The highest BCUT2D eigenvalue weighted by atomic mass is 32.2. The number of aromatic amines is 2. The van der Waals surface area contributed by atoms with Crippen LogP contribution in [0.1, 0.15) is 49.0 Å². The first-order valence-corrected chi connectivity index (χ1v) is 13.9. The molecule has 1 saturated carbocycles. The second kappa shape index (κ2) is 9.00. The zero-order valence-electron chi connectivity index (χ0n) is 22.8. The van der Waals surface area contributed by atoms with Crippen LogP contribution in [0.5, 0.6) is 17.2 Å². The van der Waals surface area contributed by atoms with Gasteiger partial charge in [0.1, 0.15) is 5.69 Å². The standard InChI is InChI=1S/C30H26N4O6S/c1-14-22(29(37)41-17-5-7-31-8-6-17)23-25(32-14)19(35)11-21-30(23)12-16(30)13-34(21)28(36)18-9-15-10-20(38-2)26(39-3)27(40-4)24(15)33-18/h5-11,16,32-33H,12-13H2,1-4H3/t16-,30+/m1/s1. The Bertz CT molecular complexity index is 1820. The van der Waals surface area contributed by atoms with Crippen LogP contribution in [0.3, 0.4) is 0 Å². The van der Waals surface area contributed by atoms with E-state index in [1.54, 1.807) is 47.6 Å². The van der Waals surface area contributed by atoms with Crippen LogP contribution in [0.25, 0.3) is 10.9 Å². The Balaban J connectivity index is 1.27. The summed E-state index contributed by atoms with van der Waals surface area (Å²) in [4.78, 5) is 53.8. The highest BCUT2D eigenvalue weighted by Crippen LogP contribution is 2.67. The number of ketones is 1. The number of aryl methyl sites for hydroxylation is 1. The summed E-state index contributed by atoms with van der Waals surface area (Å²) in [5.41, 5.74) is 3.38. The van der Waals surface area contributed by atoms with Crippen molar-refractivity contribution in [1.82, 2.24) is 19.9 Å². The zero-order valence-corrected chi connectivity index (χ0v) is 23.6. The average molecular weight is 571 g/mol. The first kappa shape index (κ1) is 25.5. The molecular weight excluding hydrogens is 544 g/mol. The summed E-state index contributed by atoms with van der Waals surface area (Å²) in [5.74, 6) is 0.931. The molecule has 1 aromatic carbocycles. The van der Waals surface area contributed by atoms with Crippen molar-refractivity contribution in [3.8, 4) is 17.2 Å². The van der Waals surface area contributed by atoms with Crippen LogP contribution in [0.2, 0.25) is 0 Å². The second-order valence-corrected chi connectivity index (χ2v) is 11.5. The maximum atomic E-state index is 14.0. The van der Waals surface area contributed by atoms with Gasteiger partial charge in [-0.3, -0.25) is 19.4 Å². The number of pyridine rings is 1. The van der Waals surface area contributed by atoms with Crippen molar-refractivity contribution in [3.63, 3.8) is 0 Å². The number of H-pyrrole nitrogens is 2. The SMILES string of the molecule is COc1cc2cc(C(=O)N3C[C@H]4C[C@@]45C3=CC(=O)c3[nH]c(C)c(C(=O)Sc4ccncc4)c35)[nH]c2c(OC)c1OC. The summed E-state index contributed by atoms with van der Waals surface area (Å²) < 4.78 is 16.6. The Morgan fingerprint density at radius 2 is 1.83 bits per heavy atom. The summed E-state index contributed by atoms with van der Waals surface area (Å²) in [6, 6.07) is 7.09. The normalized spacial score (nSPS) is 20.3. The number of nitrogens with one attached hydrogen (secondary N) is 2. The van der Waals surface area contributed by atoms with E-state index < -0.39 is 5.41 Å². The number of allylic oxidation sites excluding steroid dienone is 2. The maximum absolute atomic E-state index is 14.0. The molecule has 4 heterocycles. The van der Waals surface area contributed by atoms with Crippen LogP contribution in [-0.2, 0) is 5.41 Å². The number of ether oxygens (including phenoxy) is 3. The summed E-state index contributed by atoms with van der Waals surface area (Å²) in [5, 5.41) is 0.579. The molecule has 0 bridgehead atoms. The number of carbonyl (C=O) groups excluding carboxylic acids is 3. The molecule has 10 nitrogen and oxygen atoms in total. The van der Waals surface area contributed by atoms with E-state index in [1.807, 2.05) is 6.92 Å². The van der Waals surface area contributed by atoms with E-state index in [0.717, 1.165) is 34.0 Å². The third-order valence-corrected chi connectivity index (χ3v) is 9.26. The van der Waals surface area contributed by atoms with Gasteiger partial charge in [0.15, 0.2) is 11.5 Å². The number of hydrogen-bond donors (Lipinski definition) is 2. The fraction of sp³-hybridized carbons (Fsp3) is 0.267. The lowest BCUT2D eigenvalue weighted by molar-refractivity contribution is 0.0806. The molecule has 1 spiro atoms. The molecule has 2 N–H and O–H groups in total. The number of nitrogens with zero attached hydrogens (tertiary/aromatic N) is 2. The van der Waals surface area contributed by atoms with Crippen LogP contribution < -0.4 is 14.2 Å². The smallest absolute Gasteiger partial charge is 0.274 e. The number of likely N-dealkylation sites (tertiary alicyclic amines) is 1. The van der Waals surface area contributed by atoms with Crippen LogP contribution in [0.4, 0.5) is 0 Å². The number of methoxy groups -OCH3 is 3. The Hall–Kier alpha value is -4.51. The largest absolute Gasteiger partial charge is 0.493 e. The number of thioether (sulfide) groups is 1. The van der Waals surface area contributed by atoms with Gasteiger partial charge in [0.05, 0.1) is 38.1 Å². The fourth-order valence-corrected chi connectivity index (χ4v) is 7.36. The van der Waals surface area contributed by atoms with E-state index in [-0.39, 0.29) is 22.7 Å². The summed E-state index contributed by atoms with van der Waals surface area (Å²) in [6.45, 7) is 2.27. The van der Waals surface area contributed by atoms with Gasteiger partial charge in [0.2, 0.25) is 16.6 Å². The van der Waals surface area contributed by atoms with Gasteiger partial charge in [-0.1, -0.05) is 0 Å². The number of aromatic nitrogens is 3. The Kier molecular flexibility index (Phi) is 5.59. The minimum Gasteiger partial charge on any atom is -0.493 e. The molecule has 2 fully saturated rings. The molecule has 1 aliphatic heterocycles. The van der Waals surface area contributed by atoms with Gasteiger partial charge in [0, 0.05) is 57.7 Å². The molecule has 0 unspecified atom stereocenters. The van der Waals surface area contributed by atoms with Crippen molar-refractivity contribution >= 4 is 39.5 Å². The van der Waals surface area contributed by atoms with Gasteiger partial charge < -0.3 is 29.1 Å². The minimum atomic E-state index is -0.552. The third-order valence-electron chi connectivity index (χ3n) is 8.36. The number of rotatable bonds is 6. The van der Waals surface area contributed by atoms with Crippen LogP contribution in [0.15, 0.2) is 53.3 Å². The zero-order chi connectivity index (χ0) is 28.6. The summed E-state index contributed by atoms with van der Waals surface area (Å²) in [7, 11) is 4.59. The molecule has 3 aromatic heterocycles. The van der Waals surface area contributed by atoms with Crippen molar-refractivity contribution in [2.24, 2.45) is 5.92 Å². The molecule has 2 atom stereocenters. The predicted octanol–water partition coefficient (Wildman–Crippen LogP) is 4.65. The summed E-state index contributed by atoms with van der Waals surface area (Å²) >= 11 is 1.11. The maximum Gasteiger partial charge on any atom is 0.274 e. The van der Waals surface area contributed by atoms with E-state index in [4.69, 9.17) is 14.2 Å². The molecule has 11 heteroatoms. The quantitative estimate of drug-likeness (QED) is 0.321. The first-order chi connectivity index (χ1) is 19.8. The van der Waals surface area contributed by atoms with Crippen LogP contribution >= 0.6 is 11.8 Å². The molecule has 208 valence electrons. The number of amides is 1. The van der Waals surface area contributed by atoms with Crippen molar-refractivity contribution in [2.75, 3.05) is 27.9 Å². The molecule has 1 saturated heterocycles. The van der Waals surface area contributed by atoms with E-state index in [9.17, 15) is 14.4 Å². The Morgan fingerprint density at radius 1 is 1.07 bits per heavy atom. The highest BCUT2D eigenvalue weighted by Gasteiger charge is 2.69. The Morgan fingerprint density at radius 3 is 2.54 bits per heavy atom. The van der Waals surface area contributed by atoms with Gasteiger partial charge in [-0.15, -0.1) is 0 Å². The van der Waals surface area contributed by atoms with E-state index in [0.29, 0.717) is 57.7 Å². The summed E-state index contributed by atoms with van der Waals surface area (Å²) in [6.07, 6.45) is 5.61.